The summed E-state index contributed by atoms with van der Waals surface area (Å²) in [4.78, 5) is 0. The largest absolute Gasteiger partial charge is 0.374 e. The van der Waals surface area contributed by atoms with Gasteiger partial charge in [-0.2, -0.15) is 0 Å². The molecule has 0 unspecified atom stereocenters. The van der Waals surface area contributed by atoms with E-state index in [2.05, 4.69) is 0 Å². The lowest BCUT2D eigenvalue weighted by atomic mass is 9.87. The predicted octanol–water partition coefficient (Wildman–Crippen LogP) is 3.56. The first kappa shape index (κ1) is 9.86. The lowest BCUT2D eigenvalue weighted by Crippen LogP contribution is -2.32. The number of hydrogen-bond donors (Lipinski definition) is 0. The van der Waals surface area contributed by atoms with Gasteiger partial charge in [-0.3, -0.25) is 0 Å². The maximum absolute atomic E-state index is 7.57. The molecule has 0 aromatic heterocycles. The first-order chi connectivity index (χ1) is 7.89. The van der Waals surface area contributed by atoms with E-state index in [1.807, 2.05) is 41.5 Å². The van der Waals surface area contributed by atoms with Crippen molar-refractivity contribution in [2.45, 2.75) is 59.6 Å². The van der Waals surface area contributed by atoms with Crippen LogP contribution in [-0.2, 0) is 9.47 Å². The van der Waals surface area contributed by atoms with E-state index in [0.717, 1.165) is 11.1 Å². The third-order valence-corrected chi connectivity index (χ3v) is 3.21. The molecule has 0 fully saturated rings. The first-order valence-corrected chi connectivity index (χ1v) is 5.12. The van der Waals surface area contributed by atoms with Gasteiger partial charge in [-0.05, 0) is 59.6 Å². The van der Waals surface area contributed by atoms with Crippen molar-refractivity contribution in [2.75, 3.05) is 13.7 Å². The molecule has 15 heavy (non-hydrogen) atoms. The summed E-state index contributed by atoms with van der Waals surface area (Å²) in [5.41, 5.74) is 0.741. The van der Waals surface area contributed by atoms with Gasteiger partial charge in [0, 0.05) is 15.0 Å². The predicted molar refractivity (Wildman–Crippen MR) is 65.2 cm³/mol. The zero-order valence-corrected chi connectivity index (χ0v) is 11.0. The van der Waals surface area contributed by atoms with Crippen LogP contribution in [0.4, 0.5) is 0 Å². The number of hydrogen-bond acceptors (Lipinski definition) is 2. The summed E-state index contributed by atoms with van der Waals surface area (Å²) in [6, 6.07) is 0. The van der Waals surface area contributed by atoms with Gasteiger partial charge < -0.3 is 9.47 Å². The summed E-state index contributed by atoms with van der Waals surface area (Å²) in [6.07, 6.45) is 0. The molecule has 0 radical (unpaired) electrons. The van der Waals surface area contributed by atoms with Crippen LogP contribution < -0.4 is 0 Å². The highest BCUT2D eigenvalue weighted by molar-refractivity contribution is 5.25. The monoisotopic (exact) mass is 217 g/mol. The Morgan fingerprint density at radius 3 is 2.00 bits per heavy atom. The Hall–Kier alpha value is -0.340. The molecule has 0 heterocycles. The lowest BCUT2D eigenvalue weighted by molar-refractivity contribution is 0.0110. The van der Waals surface area contributed by atoms with Gasteiger partial charge in [-0.15, -0.1) is 0 Å². The fourth-order valence-electron chi connectivity index (χ4n) is 1.31. The van der Waals surface area contributed by atoms with E-state index in [0.29, 0.717) is 0 Å². The molecule has 2 heteroatoms. The van der Waals surface area contributed by atoms with Gasteiger partial charge in [0.2, 0.25) is 0 Å². The van der Waals surface area contributed by atoms with Crippen molar-refractivity contribution in [3.05, 3.63) is 11.1 Å². The highest BCUT2D eigenvalue weighted by Crippen LogP contribution is 2.30. The minimum Gasteiger partial charge on any atom is -0.374 e. The summed E-state index contributed by atoms with van der Waals surface area (Å²) in [7, 11) is 1.65. The smallest absolute Gasteiger partial charge is 0.0836 e. The van der Waals surface area contributed by atoms with Crippen LogP contribution in [0.5, 0.6) is 0 Å². The van der Waals surface area contributed by atoms with Crippen molar-refractivity contribution in [1.82, 2.24) is 0 Å². The van der Waals surface area contributed by atoms with Gasteiger partial charge in [0.05, 0.1) is 13.9 Å². The molecule has 0 aliphatic rings. The van der Waals surface area contributed by atoms with Crippen molar-refractivity contribution in [1.29, 1.82) is 0 Å². The fraction of sp³-hybridized carbons (Fsp3) is 0.846. The molecule has 0 spiro atoms. The van der Waals surface area contributed by atoms with Gasteiger partial charge in [-0.1, -0.05) is 0 Å². The maximum Gasteiger partial charge on any atom is 0.0836 e. The van der Waals surface area contributed by atoms with Crippen LogP contribution in [0, 0.1) is 0 Å². The van der Waals surface area contributed by atoms with Gasteiger partial charge in [0.15, 0.2) is 0 Å². The molecule has 0 N–H and O–H groups in total. The highest BCUT2D eigenvalue weighted by Gasteiger charge is 2.28. The van der Waals surface area contributed by atoms with Crippen LogP contribution in [0.3, 0.4) is 0 Å². The molecule has 0 saturated carbocycles. The molecule has 0 amide bonds. The third-order valence-electron chi connectivity index (χ3n) is 3.21. The summed E-state index contributed by atoms with van der Waals surface area (Å²) < 4.78 is 33.1. The topological polar surface area (TPSA) is 18.5 Å². The van der Waals surface area contributed by atoms with E-state index in [1.165, 1.54) is 0 Å². The molecule has 2 nitrogen and oxygen atoms in total. The molecule has 90 valence electrons. The van der Waals surface area contributed by atoms with Crippen LogP contribution in [0.2, 0.25) is 0 Å². The Kier molecular flexibility index (Phi) is 3.37. The van der Waals surface area contributed by atoms with E-state index in [4.69, 9.17) is 13.6 Å². The summed E-state index contributed by atoms with van der Waals surface area (Å²) >= 11 is 0. The Balaban J connectivity index is 5.29. The maximum atomic E-state index is 7.57. The molecule has 0 rings (SSSR count). The highest BCUT2D eigenvalue weighted by atomic mass is 16.5. The summed E-state index contributed by atoms with van der Waals surface area (Å²) in [5.74, 6) is 0. The van der Waals surface area contributed by atoms with Crippen molar-refractivity contribution < 1.29 is 13.6 Å². The van der Waals surface area contributed by atoms with E-state index in [-0.39, 0.29) is 0 Å². The second-order valence-corrected chi connectivity index (χ2v) is 4.72. The van der Waals surface area contributed by atoms with Crippen LogP contribution in [0.25, 0.3) is 0 Å². The zero-order valence-electron chi connectivity index (χ0n) is 14.0. The minimum atomic E-state index is -1.94. The van der Waals surface area contributed by atoms with Crippen molar-refractivity contribution >= 4 is 0 Å². The summed E-state index contributed by atoms with van der Waals surface area (Å²) in [6.45, 7) is 9.05. The molecule has 0 aromatic rings. The van der Waals surface area contributed by atoms with Crippen molar-refractivity contribution in [3.8, 4) is 0 Å². The normalized spacial score (nSPS) is 19.0. The van der Waals surface area contributed by atoms with Gasteiger partial charge >= 0.3 is 0 Å². The fourth-order valence-corrected chi connectivity index (χ4v) is 1.31. The molecule has 0 aromatic carbocycles. The van der Waals surface area contributed by atoms with Gasteiger partial charge in [0.1, 0.15) is 0 Å². The zero-order chi connectivity index (χ0) is 14.8. The van der Waals surface area contributed by atoms with Crippen LogP contribution in [0.1, 0.15) is 52.6 Å². The van der Waals surface area contributed by atoms with E-state index in [9.17, 15) is 0 Å². The average Bonchev–Trinajstić information content (AvgIpc) is 2.25. The van der Waals surface area contributed by atoms with Crippen molar-refractivity contribution in [2.24, 2.45) is 0 Å². The SMILES string of the molecule is [2H]CC([2H])([2H])OC(C)(C)/C(C)=C(/C)C(C)(C)OC. The lowest BCUT2D eigenvalue weighted by Gasteiger charge is -2.33. The van der Waals surface area contributed by atoms with E-state index >= 15 is 0 Å². The first-order valence-electron chi connectivity index (χ1n) is 6.83. The van der Waals surface area contributed by atoms with Gasteiger partial charge in [-0.25, -0.2) is 0 Å². The Labute approximate surface area is 98.9 Å². The molecule has 0 aliphatic heterocycles. The minimum absolute atomic E-state index is 0.418. The Morgan fingerprint density at radius 1 is 1.13 bits per heavy atom. The second-order valence-electron chi connectivity index (χ2n) is 4.72. The molecular weight excluding hydrogens is 188 g/mol. The molecule has 0 saturated heterocycles. The molecular formula is C13H26O2. The average molecular weight is 217 g/mol. The Bertz CT molecular complexity index is 320. The van der Waals surface area contributed by atoms with Crippen LogP contribution in [-0.4, -0.2) is 24.9 Å². The molecule has 0 atom stereocenters. The van der Waals surface area contributed by atoms with Crippen molar-refractivity contribution in [3.63, 3.8) is 0 Å². The molecule has 0 aliphatic carbocycles. The molecule has 0 bridgehead atoms. The Morgan fingerprint density at radius 2 is 1.60 bits per heavy atom. The number of rotatable bonds is 5. The van der Waals surface area contributed by atoms with Gasteiger partial charge in [0.25, 0.3) is 0 Å². The third kappa shape index (κ3) is 3.62. The second kappa shape index (κ2) is 5.13. The standard InChI is InChI=1S/C13H26O2/c1-9-15-13(6,7)11(3)10(2)12(4,5)14-8/h9H2,1-8H3/b11-10-/i1D,9D2. The van der Waals surface area contributed by atoms with Crippen LogP contribution in [0.15, 0.2) is 11.1 Å². The van der Waals surface area contributed by atoms with Crippen LogP contribution >= 0.6 is 0 Å². The van der Waals surface area contributed by atoms with E-state index < -0.39 is 24.7 Å². The summed E-state index contributed by atoms with van der Waals surface area (Å²) in [5, 5.41) is 0. The van der Waals surface area contributed by atoms with E-state index in [1.54, 1.807) is 7.11 Å². The number of methoxy groups -OCH3 is 1. The quantitative estimate of drug-likeness (QED) is 0.656. The number of ether oxygens (including phenoxy) is 2.